The van der Waals surface area contributed by atoms with Gasteiger partial charge >= 0.3 is 0 Å². The monoisotopic (exact) mass is 507 g/mol. The molecule has 8 nitrogen and oxygen atoms in total. The zero-order valence-corrected chi connectivity index (χ0v) is 22.4. The number of aromatic nitrogens is 2. The molecule has 0 bridgehead atoms. The minimum atomic E-state index is -0.405. The second-order valence-electron chi connectivity index (χ2n) is 9.43. The van der Waals surface area contributed by atoms with E-state index in [2.05, 4.69) is 17.1 Å². The Bertz CT molecular complexity index is 1250. The van der Waals surface area contributed by atoms with Gasteiger partial charge in [0.1, 0.15) is 17.1 Å². The fourth-order valence-electron chi connectivity index (χ4n) is 4.91. The van der Waals surface area contributed by atoms with Crippen molar-refractivity contribution in [3.8, 4) is 28.5 Å². The number of nitrogens with one attached hydrogen (secondary N) is 1. The van der Waals surface area contributed by atoms with Crippen molar-refractivity contribution in [3.05, 3.63) is 58.3 Å². The van der Waals surface area contributed by atoms with Crippen molar-refractivity contribution in [2.75, 3.05) is 33.5 Å². The van der Waals surface area contributed by atoms with Crippen LogP contribution < -0.4 is 9.47 Å². The highest BCUT2D eigenvalue weighted by atomic mass is 16.5. The third-order valence-corrected chi connectivity index (χ3v) is 6.65. The minimum Gasteiger partial charge on any atom is -0.507 e. The Labute approximate surface area is 218 Å². The Balaban J connectivity index is 1.83. The molecule has 3 aromatic rings. The molecular formula is C29H37N3O5. The first-order valence-electron chi connectivity index (χ1n) is 13.0. The summed E-state index contributed by atoms with van der Waals surface area (Å²) in [6.07, 6.45) is 2.69. The second kappa shape index (κ2) is 11.7. The lowest BCUT2D eigenvalue weighted by molar-refractivity contribution is 0.0723. The minimum absolute atomic E-state index is 0.125. The van der Waals surface area contributed by atoms with Gasteiger partial charge in [-0.1, -0.05) is 25.5 Å². The number of rotatable bonds is 12. The van der Waals surface area contributed by atoms with Gasteiger partial charge in [0.2, 0.25) is 0 Å². The van der Waals surface area contributed by atoms with Gasteiger partial charge in [-0.25, -0.2) is 0 Å². The molecule has 0 saturated heterocycles. The largest absolute Gasteiger partial charge is 0.507 e. The quantitative estimate of drug-likeness (QED) is 0.312. The van der Waals surface area contributed by atoms with Crippen LogP contribution in [0.2, 0.25) is 0 Å². The average molecular weight is 508 g/mol. The van der Waals surface area contributed by atoms with Gasteiger partial charge in [0.25, 0.3) is 5.91 Å². The fourth-order valence-corrected chi connectivity index (χ4v) is 4.91. The van der Waals surface area contributed by atoms with Crippen LogP contribution in [0.3, 0.4) is 0 Å². The molecule has 0 saturated carbocycles. The summed E-state index contributed by atoms with van der Waals surface area (Å²) in [6.45, 7) is 10.1. The fraction of sp³-hybridized carbons (Fsp3) is 0.448. The van der Waals surface area contributed by atoms with Crippen LogP contribution in [0.15, 0.2) is 30.3 Å². The first-order chi connectivity index (χ1) is 17.9. The number of nitrogens with zero attached hydrogens (tertiary/aromatic N) is 2. The molecule has 2 aromatic carbocycles. The van der Waals surface area contributed by atoms with Gasteiger partial charge in [0.15, 0.2) is 11.5 Å². The van der Waals surface area contributed by atoms with Gasteiger partial charge < -0.3 is 24.2 Å². The van der Waals surface area contributed by atoms with Gasteiger partial charge in [0, 0.05) is 31.4 Å². The molecule has 0 spiro atoms. The summed E-state index contributed by atoms with van der Waals surface area (Å²) >= 11 is 0. The number of benzene rings is 2. The lowest BCUT2D eigenvalue weighted by Gasteiger charge is -2.27. The van der Waals surface area contributed by atoms with Gasteiger partial charge in [-0.15, -0.1) is 0 Å². The number of carbonyl (C=O) groups is 1. The number of methoxy groups -OCH3 is 1. The number of amides is 1. The third-order valence-electron chi connectivity index (χ3n) is 6.65. The second-order valence-corrected chi connectivity index (χ2v) is 9.43. The maximum Gasteiger partial charge on any atom is 0.273 e. The van der Waals surface area contributed by atoms with Gasteiger partial charge in [-0.05, 0) is 68.5 Å². The number of ether oxygens (including phenoxy) is 3. The zero-order valence-electron chi connectivity index (χ0n) is 22.4. The summed E-state index contributed by atoms with van der Waals surface area (Å²) in [4.78, 5) is 15.4. The number of aromatic hydroxyl groups is 1. The Morgan fingerprint density at radius 1 is 1.05 bits per heavy atom. The van der Waals surface area contributed by atoms with Gasteiger partial charge in [-0.3, -0.25) is 9.89 Å². The number of fused-ring (bicyclic) bond motifs is 1. The van der Waals surface area contributed by atoms with Crippen LogP contribution in [-0.2, 0) is 4.74 Å². The van der Waals surface area contributed by atoms with Crippen molar-refractivity contribution in [2.24, 2.45) is 0 Å². The molecule has 4 rings (SSSR count). The van der Waals surface area contributed by atoms with E-state index < -0.39 is 6.04 Å². The molecular weight excluding hydrogens is 470 g/mol. The summed E-state index contributed by atoms with van der Waals surface area (Å²) in [6, 6.07) is 9.29. The van der Waals surface area contributed by atoms with E-state index in [0.29, 0.717) is 61.2 Å². The molecule has 0 radical (unpaired) electrons. The maximum atomic E-state index is 13.6. The maximum absolute atomic E-state index is 13.6. The highest BCUT2D eigenvalue weighted by Gasteiger charge is 2.42. The van der Waals surface area contributed by atoms with Gasteiger partial charge in [-0.2, -0.15) is 5.10 Å². The van der Waals surface area contributed by atoms with E-state index in [1.54, 1.807) is 7.11 Å². The molecule has 1 amide bonds. The highest BCUT2D eigenvalue weighted by Crippen LogP contribution is 2.46. The molecule has 1 aromatic heterocycles. The predicted molar refractivity (Wildman–Crippen MR) is 143 cm³/mol. The number of phenols is 1. The van der Waals surface area contributed by atoms with E-state index in [1.807, 2.05) is 56.0 Å². The average Bonchev–Trinajstić information content (AvgIpc) is 3.42. The van der Waals surface area contributed by atoms with Gasteiger partial charge in [0.05, 0.1) is 19.3 Å². The summed E-state index contributed by atoms with van der Waals surface area (Å²) in [5, 5.41) is 18.4. The van der Waals surface area contributed by atoms with E-state index >= 15 is 0 Å². The number of aryl methyl sites for hydroxylation is 2. The summed E-state index contributed by atoms with van der Waals surface area (Å²) in [5.74, 6) is 1.38. The molecule has 1 aliphatic rings. The molecule has 37 heavy (non-hydrogen) atoms. The molecule has 1 atom stereocenters. The van der Waals surface area contributed by atoms with Crippen LogP contribution in [0.5, 0.6) is 17.2 Å². The van der Waals surface area contributed by atoms with Crippen molar-refractivity contribution in [1.29, 1.82) is 0 Å². The molecule has 2 heterocycles. The van der Waals surface area contributed by atoms with Crippen LogP contribution in [0, 0.1) is 13.8 Å². The normalized spacial score (nSPS) is 14.8. The Kier molecular flexibility index (Phi) is 8.38. The van der Waals surface area contributed by atoms with E-state index in [4.69, 9.17) is 14.2 Å². The first-order valence-corrected chi connectivity index (χ1v) is 13.0. The molecule has 0 fully saturated rings. The SMILES string of the molecule is CCCCOc1ccc(C2c3c(-c4cc(C)cc(C)c4O)n[nH]c3C(=O)N2CCCOC)cc1OCC. The van der Waals surface area contributed by atoms with Crippen molar-refractivity contribution in [1.82, 2.24) is 15.1 Å². The first kappa shape index (κ1) is 26.5. The number of carbonyl (C=O) groups excluding carboxylic acids is 1. The van der Waals surface area contributed by atoms with Crippen LogP contribution >= 0.6 is 0 Å². The van der Waals surface area contributed by atoms with Crippen molar-refractivity contribution in [2.45, 2.75) is 53.0 Å². The molecule has 1 unspecified atom stereocenters. The topological polar surface area (TPSA) is 96.9 Å². The molecule has 2 N–H and O–H groups in total. The summed E-state index contributed by atoms with van der Waals surface area (Å²) < 4.78 is 17.2. The zero-order chi connectivity index (χ0) is 26.5. The number of hydrogen-bond donors (Lipinski definition) is 2. The van der Waals surface area contributed by atoms with Crippen LogP contribution in [-0.4, -0.2) is 59.6 Å². The number of aromatic amines is 1. The van der Waals surface area contributed by atoms with E-state index in [9.17, 15) is 9.90 Å². The Hall–Kier alpha value is -3.52. The van der Waals surface area contributed by atoms with E-state index in [0.717, 1.165) is 35.1 Å². The number of H-pyrrole nitrogens is 1. The number of phenolic OH excluding ortho intramolecular Hbond substituents is 1. The van der Waals surface area contributed by atoms with E-state index in [-0.39, 0.29) is 11.7 Å². The summed E-state index contributed by atoms with van der Waals surface area (Å²) in [5.41, 5.74) is 5.04. The molecule has 8 heteroatoms. The van der Waals surface area contributed by atoms with Crippen LogP contribution in [0.4, 0.5) is 0 Å². The van der Waals surface area contributed by atoms with E-state index in [1.165, 1.54) is 0 Å². The number of hydrogen-bond acceptors (Lipinski definition) is 6. The lowest BCUT2D eigenvalue weighted by atomic mass is 9.94. The highest BCUT2D eigenvalue weighted by molar-refractivity contribution is 6.00. The van der Waals surface area contributed by atoms with Crippen molar-refractivity contribution in [3.63, 3.8) is 0 Å². The van der Waals surface area contributed by atoms with Crippen LogP contribution in [0.1, 0.15) is 71.9 Å². The molecule has 198 valence electrons. The van der Waals surface area contributed by atoms with Crippen molar-refractivity contribution >= 4 is 5.91 Å². The Morgan fingerprint density at radius 3 is 2.59 bits per heavy atom. The molecule has 1 aliphatic heterocycles. The summed E-state index contributed by atoms with van der Waals surface area (Å²) in [7, 11) is 1.66. The Morgan fingerprint density at radius 2 is 1.86 bits per heavy atom. The molecule has 0 aliphatic carbocycles. The van der Waals surface area contributed by atoms with Crippen LogP contribution in [0.25, 0.3) is 11.3 Å². The standard InChI is InChI=1S/C29H37N3O5/c1-6-8-14-37-22-11-10-20(17-23(22)36-7-2)27-24-25(21-16-18(3)15-19(4)28(21)33)30-31-26(24)29(34)32(27)12-9-13-35-5/h10-11,15-17,27,33H,6-9,12-14H2,1-5H3,(H,30,31). The smallest absolute Gasteiger partial charge is 0.273 e. The van der Waals surface area contributed by atoms with Crippen molar-refractivity contribution < 1.29 is 24.1 Å². The lowest BCUT2D eigenvalue weighted by Crippen LogP contribution is -2.31. The predicted octanol–water partition coefficient (Wildman–Crippen LogP) is 5.56. The third kappa shape index (κ3) is 5.30. The number of unbranched alkanes of at least 4 members (excludes halogenated alkanes) is 1.